The van der Waals surface area contributed by atoms with Crippen molar-refractivity contribution >= 4 is 56.4 Å². The molecule has 0 aliphatic rings. The molecule has 3 aromatic heterocycles. The van der Waals surface area contributed by atoms with E-state index in [2.05, 4.69) is 26.7 Å². The van der Waals surface area contributed by atoms with Crippen molar-refractivity contribution in [1.29, 1.82) is 0 Å². The fraction of sp³-hybridized carbons (Fsp3) is 0.333. The summed E-state index contributed by atoms with van der Waals surface area (Å²) in [5.74, 6) is 2.09. The van der Waals surface area contributed by atoms with Gasteiger partial charge in [-0.1, -0.05) is 47.0 Å². The first-order chi connectivity index (χ1) is 11.4. The number of aryl methyl sites for hydroxylation is 2. The lowest BCUT2D eigenvalue weighted by Crippen LogP contribution is -2.10. The number of rotatable bonds is 6. The van der Waals surface area contributed by atoms with E-state index in [0.717, 1.165) is 35.3 Å². The lowest BCUT2D eigenvalue weighted by Gasteiger charge is -1.99. The van der Waals surface area contributed by atoms with E-state index in [4.69, 9.17) is 0 Å². The fourth-order valence-corrected chi connectivity index (χ4v) is 5.78. The van der Waals surface area contributed by atoms with Crippen LogP contribution in [0, 0.1) is 13.8 Å². The Balaban J connectivity index is 1.72. The summed E-state index contributed by atoms with van der Waals surface area (Å²) in [7, 11) is 0. The molecule has 9 heteroatoms. The number of nitrogens with zero attached hydrogens (tertiary/aromatic N) is 3. The first-order valence-corrected chi connectivity index (χ1v) is 10.8. The smallest absolute Gasteiger partial charge is 0.259 e. The predicted molar refractivity (Wildman–Crippen MR) is 105 cm³/mol. The maximum atomic E-state index is 12.3. The number of H-pyrrole nitrogens is 1. The monoisotopic (exact) mass is 396 g/mol. The van der Waals surface area contributed by atoms with Gasteiger partial charge in [-0.15, -0.1) is 21.5 Å². The maximum absolute atomic E-state index is 12.3. The van der Waals surface area contributed by atoms with Gasteiger partial charge in [-0.05, 0) is 26.3 Å². The van der Waals surface area contributed by atoms with Crippen LogP contribution in [0.3, 0.4) is 0 Å². The molecule has 0 aliphatic heterocycles. The SMILES string of the molecule is C=C(C)CSc1nnc(SCc2nc3sc(C)c(C)c3c(=O)[nH]2)s1. The van der Waals surface area contributed by atoms with Crippen molar-refractivity contribution < 1.29 is 0 Å². The maximum Gasteiger partial charge on any atom is 0.259 e. The van der Waals surface area contributed by atoms with Gasteiger partial charge in [0.1, 0.15) is 10.7 Å². The standard InChI is InChI=1S/C15H16N4OS4/c1-7(2)5-21-14-18-19-15(24-14)22-6-10-16-12(20)11-8(3)9(4)23-13(11)17-10/h1,5-6H2,2-4H3,(H,16,17,20). The Morgan fingerprint density at radius 3 is 2.62 bits per heavy atom. The van der Waals surface area contributed by atoms with Crippen molar-refractivity contribution in [1.82, 2.24) is 20.2 Å². The third kappa shape index (κ3) is 3.90. The third-order valence-electron chi connectivity index (χ3n) is 3.25. The zero-order valence-corrected chi connectivity index (χ0v) is 16.8. The molecule has 1 N–H and O–H groups in total. The minimum absolute atomic E-state index is 0.0626. The second-order valence-electron chi connectivity index (χ2n) is 5.34. The van der Waals surface area contributed by atoms with Gasteiger partial charge >= 0.3 is 0 Å². The number of nitrogens with one attached hydrogen (secondary N) is 1. The Morgan fingerprint density at radius 2 is 1.92 bits per heavy atom. The molecule has 3 aromatic rings. The molecular weight excluding hydrogens is 380 g/mol. The van der Waals surface area contributed by atoms with Crippen LogP contribution in [-0.4, -0.2) is 25.9 Å². The lowest BCUT2D eigenvalue weighted by molar-refractivity contribution is 0.952. The van der Waals surface area contributed by atoms with E-state index in [1.165, 1.54) is 11.8 Å². The Hall–Kier alpha value is -1.16. The number of aromatic nitrogens is 4. The molecule has 5 nitrogen and oxygen atoms in total. The first-order valence-electron chi connectivity index (χ1n) is 7.16. The zero-order valence-electron chi connectivity index (χ0n) is 13.5. The molecule has 0 aromatic carbocycles. The van der Waals surface area contributed by atoms with Gasteiger partial charge in [0, 0.05) is 10.6 Å². The lowest BCUT2D eigenvalue weighted by atomic mass is 10.2. The van der Waals surface area contributed by atoms with Gasteiger partial charge in [0.05, 0.1) is 11.1 Å². The van der Waals surface area contributed by atoms with E-state index in [9.17, 15) is 4.79 Å². The summed E-state index contributed by atoms with van der Waals surface area (Å²) in [6, 6.07) is 0. The van der Waals surface area contributed by atoms with Crippen molar-refractivity contribution in [3.63, 3.8) is 0 Å². The second-order valence-corrected chi connectivity index (χ2v) is 9.97. The van der Waals surface area contributed by atoms with E-state index in [1.54, 1.807) is 34.4 Å². The molecule has 0 radical (unpaired) electrons. The van der Waals surface area contributed by atoms with Crippen LogP contribution in [0.1, 0.15) is 23.2 Å². The normalized spacial score (nSPS) is 11.3. The van der Waals surface area contributed by atoms with E-state index >= 15 is 0 Å². The molecule has 0 atom stereocenters. The van der Waals surface area contributed by atoms with Gasteiger partial charge in [0.15, 0.2) is 8.68 Å². The highest BCUT2D eigenvalue weighted by Crippen LogP contribution is 2.31. The quantitative estimate of drug-likeness (QED) is 0.491. The second kappa shape index (κ2) is 7.38. The summed E-state index contributed by atoms with van der Waals surface area (Å²) in [4.78, 5) is 21.7. The van der Waals surface area contributed by atoms with Gasteiger partial charge in [-0.3, -0.25) is 4.79 Å². The first kappa shape index (κ1) is 17.7. The van der Waals surface area contributed by atoms with Crippen LogP contribution in [0.4, 0.5) is 0 Å². The number of thiophene rings is 1. The van der Waals surface area contributed by atoms with Gasteiger partial charge in [-0.25, -0.2) is 4.98 Å². The highest BCUT2D eigenvalue weighted by Gasteiger charge is 2.13. The molecule has 0 saturated heterocycles. The largest absolute Gasteiger partial charge is 0.309 e. The molecule has 24 heavy (non-hydrogen) atoms. The van der Waals surface area contributed by atoms with Gasteiger partial charge in [-0.2, -0.15) is 0 Å². The minimum Gasteiger partial charge on any atom is -0.309 e. The minimum atomic E-state index is -0.0626. The van der Waals surface area contributed by atoms with E-state index in [1.807, 2.05) is 20.8 Å². The van der Waals surface area contributed by atoms with Crippen molar-refractivity contribution in [2.24, 2.45) is 0 Å². The topological polar surface area (TPSA) is 71.5 Å². The zero-order chi connectivity index (χ0) is 17.3. The molecule has 0 saturated carbocycles. The van der Waals surface area contributed by atoms with E-state index in [-0.39, 0.29) is 5.56 Å². The number of thioether (sulfide) groups is 2. The van der Waals surface area contributed by atoms with Gasteiger partial charge in [0.2, 0.25) is 0 Å². The number of fused-ring (bicyclic) bond motifs is 1. The highest BCUT2D eigenvalue weighted by atomic mass is 32.2. The Morgan fingerprint density at radius 1 is 1.21 bits per heavy atom. The molecule has 0 amide bonds. The highest BCUT2D eigenvalue weighted by molar-refractivity contribution is 8.03. The molecule has 0 spiro atoms. The summed E-state index contributed by atoms with van der Waals surface area (Å²) >= 11 is 6.30. The van der Waals surface area contributed by atoms with Crippen molar-refractivity contribution in [2.45, 2.75) is 35.2 Å². The Kier molecular flexibility index (Phi) is 5.43. The molecule has 0 bridgehead atoms. The van der Waals surface area contributed by atoms with Crippen LogP contribution in [-0.2, 0) is 5.75 Å². The van der Waals surface area contributed by atoms with Crippen LogP contribution in [0.25, 0.3) is 10.2 Å². The summed E-state index contributed by atoms with van der Waals surface area (Å²) in [5.41, 5.74) is 2.07. The fourth-order valence-electron chi connectivity index (χ4n) is 2.00. The van der Waals surface area contributed by atoms with Gasteiger partial charge in [0.25, 0.3) is 5.56 Å². The average molecular weight is 397 g/mol. The third-order valence-corrected chi connectivity index (χ3v) is 7.78. The van der Waals surface area contributed by atoms with E-state index in [0.29, 0.717) is 17.0 Å². The van der Waals surface area contributed by atoms with Crippen LogP contribution in [0.2, 0.25) is 0 Å². The van der Waals surface area contributed by atoms with Crippen molar-refractivity contribution in [3.8, 4) is 0 Å². The van der Waals surface area contributed by atoms with Crippen LogP contribution in [0.15, 0.2) is 25.6 Å². The molecule has 3 heterocycles. The number of hydrogen-bond acceptors (Lipinski definition) is 8. The van der Waals surface area contributed by atoms with Crippen molar-refractivity contribution in [2.75, 3.05) is 5.75 Å². The molecule has 126 valence electrons. The summed E-state index contributed by atoms with van der Waals surface area (Å²) in [6.45, 7) is 9.86. The molecule has 0 fully saturated rings. The molecular formula is C15H16N4OS4. The average Bonchev–Trinajstić information content (AvgIpc) is 3.08. The Bertz CT molecular complexity index is 956. The van der Waals surface area contributed by atoms with Crippen LogP contribution >= 0.6 is 46.2 Å². The summed E-state index contributed by atoms with van der Waals surface area (Å²) < 4.78 is 1.81. The summed E-state index contributed by atoms with van der Waals surface area (Å²) in [5, 5.41) is 9.05. The van der Waals surface area contributed by atoms with Crippen LogP contribution < -0.4 is 5.56 Å². The number of hydrogen-bond donors (Lipinski definition) is 1. The number of aromatic amines is 1. The van der Waals surface area contributed by atoms with Gasteiger partial charge < -0.3 is 4.98 Å². The van der Waals surface area contributed by atoms with E-state index < -0.39 is 0 Å². The summed E-state index contributed by atoms with van der Waals surface area (Å²) in [6.07, 6.45) is 0. The molecule has 3 rings (SSSR count). The molecule has 0 unspecified atom stereocenters. The predicted octanol–water partition coefficient (Wildman–Crippen LogP) is 4.41. The van der Waals surface area contributed by atoms with Crippen molar-refractivity contribution in [3.05, 3.63) is 38.8 Å². The van der Waals surface area contributed by atoms with Crippen LogP contribution in [0.5, 0.6) is 0 Å². The Labute approximate surface area is 156 Å². The molecule has 0 aliphatic carbocycles.